The molecule has 1 N–H and O–H groups in total. The number of nitrogens with zero attached hydrogens (tertiary/aromatic N) is 7. The fourth-order valence-electron chi connectivity index (χ4n) is 3.94. The molecular formula is C25H20F2N8O2. The van der Waals surface area contributed by atoms with Gasteiger partial charge in [0.15, 0.2) is 18.2 Å². The number of fused-ring (bicyclic) bond motifs is 2. The molecule has 2 aromatic carbocycles. The molecule has 0 aliphatic carbocycles. The monoisotopic (exact) mass is 502 g/mol. The van der Waals surface area contributed by atoms with Crippen LogP contribution in [-0.4, -0.2) is 54.5 Å². The lowest BCUT2D eigenvalue weighted by molar-refractivity contribution is -0.0464. The molecule has 5 aromatic rings. The predicted molar refractivity (Wildman–Crippen MR) is 132 cm³/mol. The van der Waals surface area contributed by atoms with Crippen LogP contribution in [0.1, 0.15) is 11.1 Å². The average Bonchev–Trinajstić information content (AvgIpc) is 3.35. The van der Waals surface area contributed by atoms with Crippen molar-refractivity contribution in [2.75, 3.05) is 18.5 Å². The van der Waals surface area contributed by atoms with Gasteiger partial charge in [-0.05, 0) is 48.4 Å². The van der Waals surface area contributed by atoms with Gasteiger partial charge in [0.1, 0.15) is 37.1 Å². The van der Waals surface area contributed by atoms with Gasteiger partial charge in [0.25, 0.3) is 0 Å². The summed E-state index contributed by atoms with van der Waals surface area (Å²) in [5.74, 6) is -0.959. The molecule has 3 aromatic heterocycles. The van der Waals surface area contributed by atoms with Crippen LogP contribution >= 0.6 is 0 Å². The number of anilines is 2. The molecule has 4 heterocycles. The Balaban J connectivity index is 1.22. The molecule has 0 unspecified atom stereocenters. The Kier molecular flexibility index (Phi) is 5.55. The lowest BCUT2D eigenvalue weighted by Crippen LogP contribution is -2.34. The summed E-state index contributed by atoms with van der Waals surface area (Å²) in [5, 5.41) is 12.0. The summed E-state index contributed by atoms with van der Waals surface area (Å²) in [6.45, 7) is 0.719. The molecule has 1 aliphatic rings. The molecule has 0 radical (unpaired) electrons. The molecule has 0 atom stereocenters. The van der Waals surface area contributed by atoms with E-state index >= 15 is 0 Å². The van der Waals surface area contributed by atoms with Crippen LogP contribution in [0.4, 0.5) is 20.3 Å². The highest BCUT2D eigenvalue weighted by atomic mass is 19.3. The van der Waals surface area contributed by atoms with Gasteiger partial charge >= 0.3 is 5.92 Å². The standard InChI is InChI=1S/C25H20F2N8O2/c1-15-6-17(3-5-20(15)37-23-9-21-34-32-14-35(21)13-31-23)33-24-18-7-16(2-4-19(18)29-12-30-24)8-22-28-10-25(26,27)11-36-22/h2-7,9,12-14H,8,10-11H2,1H3,(H,29,30,33). The summed E-state index contributed by atoms with van der Waals surface area (Å²) < 4.78 is 39.4. The highest BCUT2D eigenvalue weighted by Gasteiger charge is 2.33. The number of hydrogen-bond donors (Lipinski definition) is 1. The van der Waals surface area contributed by atoms with E-state index in [4.69, 9.17) is 9.47 Å². The molecular weight excluding hydrogens is 482 g/mol. The fraction of sp³-hybridized carbons (Fsp3) is 0.200. The maximum atomic E-state index is 13.3. The minimum atomic E-state index is -2.92. The lowest BCUT2D eigenvalue weighted by atomic mass is 10.1. The Labute approximate surface area is 209 Å². The number of rotatable bonds is 6. The Morgan fingerprint density at radius 1 is 1.08 bits per heavy atom. The third-order valence-electron chi connectivity index (χ3n) is 5.81. The van der Waals surface area contributed by atoms with Crippen LogP contribution in [0, 0.1) is 6.92 Å². The van der Waals surface area contributed by atoms with Crippen molar-refractivity contribution in [2.24, 2.45) is 4.99 Å². The quantitative estimate of drug-likeness (QED) is 0.361. The van der Waals surface area contributed by atoms with E-state index in [1.165, 1.54) is 6.33 Å². The zero-order valence-corrected chi connectivity index (χ0v) is 19.6. The third-order valence-corrected chi connectivity index (χ3v) is 5.81. The Bertz CT molecular complexity index is 1650. The highest BCUT2D eigenvalue weighted by Crippen LogP contribution is 2.30. The first kappa shape index (κ1) is 22.7. The molecule has 1 aliphatic heterocycles. The number of halogens is 2. The second kappa shape index (κ2) is 9.04. The minimum Gasteiger partial charge on any atom is -0.474 e. The van der Waals surface area contributed by atoms with Crippen molar-refractivity contribution in [1.82, 2.24) is 29.5 Å². The Morgan fingerprint density at radius 3 is 2.84 bits per heavy atom. The summed E-state index contributed by atoms with van der Waals surface area (Å²) in [7, 11) is 0. The number of aryl methyl sites for hydroxylation is 1. The van der Waals surface area contributed by atoms with E-state index in [2.05, 4.69) is 35.5 Å². The van der Waals surface area contributed by atoms with Crippen molar-refractivity contribution >= 4 is 34.0 Å². The predicted octanol–water partition coefficient (Wildman–Crippen LogP) is 4.52. The van der Waals surface area contributed by atoms with Gasteiger partial charge in [0.05, 0.1) is 5.52 Å². The molecule has 10 nitrogen and oxygen atoms in total. The van der Waals surface area contributed by atoms with E-state index < -0.39 is 19.1 Å². The molecule has 0 amide bonds. The van der Waals surface area contributed by atoms with E-state index in [1.54, 1.807) is 23.1 Å². The van der Waals surface area contributed by atoms with Gasteiger partial charge in [-0.15, -0.1) is 10.2 Å². The van der Waals surface area contributed by atoms with E-state index in [9.17, 15) is 8.78 Å². The second-order valence-electron chi connectivity index (χ2n) is 8.64. The zero-order valence-electron chi connectivity index (χ0n) is 19.6. The van der Waals surface area contributed by atoms with E-state index in [0.29, 0.717) is 35.4 Å². The number of aliphatic imine (C=N–C) groups is 1. The molecule has 0 fully saturated rings. The van der Waals surface area contributed by atoms with Gasteiger partial charge in [-0.3, -0.25) is 4.40 Å². The summed E-state index contributed by atoms with van der Waals surface area (Å²) in [4.78, 5) is 16.9. The van der Waals surface area contributed by atoms with Gasteiger partial charge in [-0.1, -0.05) is 6.07 Å². The topological polar surface area (TPSA) is 112 Å². The van der Waals surface area contributed by atoms with Gasteiger partial charge in [-0.2, -0.15) is 0 Å². The number of benzene rings is 2. The van der Waals surface area contributed by atoms with Crippen molar-refractivity contribution < 1.29 is 18.3 Å². The summed E-state index contributed by atoms with van der Waals surface area (Å²) in [5.41, 5.74) is 3.92. The number of aromatic nitrogens is 6. The van der Waals surface area contributed by atoms with Crippen LogP contribution in [0.2, 0.25) is 0 Å². The van der Waals surface area contributed by atoms with Crippen LogP contribution < -0.4 is 10.1 Å². The second-order valence-corrected chi connectivity index (χ2v) is 8.64. The van der Waals surface area contributed by atoms with Gasteiger partial charge < -0.3 is 14.8 Å². The van der Waals surface area contributed by atoms with E-state index in [0.717, 1.165) is 27.7 Å². The molecule has 0 spiro atoms. The largest absolute Gasteiger partial charge is 0.474 e. The SMILES string of the molecule is Cc1cc(Nc2ncnc3ccc(CC4=NCC(F)(F)CO4)cc23)ccc1Oc1cc2nncn2cn1. The Morgan fingerprint density at radius 2 is 2.00 bits per heavy atom. The maximum Gasteiger partial charge on any atom is 0.300 e. The summed E-state index contributed by atoms with van der Waals surface area (Å²) in [6.07, 6.45) is 4.95. The van der Waals surface area contributed by atoms with Crippen LogP contribution in [-0.2, 0) is 11.2 Å². The number of nitrogens with one attached hydrogen (secondary N) is 1. The third kappa shape index (κ3) is 4.85. The summed E-state index contributed by atoms with van der Waals surface area (Å²) in [6, 6.07) is 13.0. The first-order chi connectivity index (χ1) is 17.9. The number of hydrogen-bond acceptors (Lipinski definition) is 9. The molecule has 6 rings (SSSR count). The van der Waals surface area contributed by atoms with Crippen LogP contribution in [0.5, 0.6) is 11.6 Å². The molecule has 0 saturated carbocycles. The van der Waals surface area contributed by atoms with Crippen molar-refractivity contribution in [3.05, 3.63) is 72.6 Å². The summed E-state index contributed by atoms with van der Waals surface area (Å²) >= 11 is 0. The van der Waals surface area contributed by atoms with E-state index in [1.807, 2.05) is 43.3 Å². The molecule has 0 bridgehead atoms. The molecule has 37 heavy (non-hydrogen) atoms. The van der Waals surface area contributed by atoms with Crippen molar-refractivity contribution in [1.29, 1.82) is 0 Å². The molecule has 0 saturated heterocycles. The van der Waals surface area contributed by atoms with Crippen LogP contribution in [0.25, 0.3) is 16.6 Å². The highest BCUT2D eigenvalue weighted by molar-refractivity contribution is 5.92. The molecule has 186 valence electrons. The lowest BCUT2D eigenvalue weighted by Gasteiger charge is -2.21. The van der Waals surface area contributed by atoms with Gasteiger partial charge in [0, 0.05) is 23.6 Å². The first-order valence-electron chi connectivity index (χ1n) is 11.4. The minimum absolute atomic E-state index is 0.292. The van der Waals surface area contributed by atoms with Gasteiger partial charge in [-0.25, -0.2) is 28.7 Å². The molecule has 12 heteroatoms. The zero-order chi connectivity index (χ0) is 25.4. The Hall–Kier alpha value is -4.74. The number of ether oxygens (including phenoxy) is 2. The van der Waals surface area contributed by atoms with Crippen molar-refractivity contribution in [2.45, 2.75) is 19.3 Å². The number of alkyl halides is 2. The smallest absolute Gasteiger partial charge is 0.300 e. The van der Waals surface area contributed by atoms with Crippen LogP contribution in [0.3, 0.4) is 0 Å². The van der Waals surface area contributed by atoms with Crippen molar-refractivity contribution in [3.63, 3.8) is 0 Å². The van der Waals surface area contributed by atoms with E-state index in [-0.39, 0.29) is 0 Å². The average molecular weight is 502 g/mol. The van der Waals surface area contributed by atoms with Crippen LogP contribution in [0.15, 0.2) is 66.4 Å². The maximum absolute atomic E-state index is 13.3. The normalized spacial score (nSPS) is 14.8. The first-order valence-corrected chi connectivity index (χ1v) is 11.4. The fourth-order valence-corrected chi connectivity index (χ4v) is 3.94. The van der Waals surface area contributed by atoms with Gasteiger partial charge in [0.2, 0.25) is 5.88 Å². The van der Waals surface area contributed by atoms with Crippen molar-refractivity contribution in [3.8, 4) is 11.6 Å².